The van der Waals surface area contributed by atoms with Gasteiger partial charge in [0.1, 0.15) is 13.2 Å². The van der Waals surface area contributed by atoms with E-state index in [1.54, 1.807) is 0 Å². The predicted molar refractivity (Wildman–Crippen MR) is 345 cm³/mol. The number of aliphatic carboxylic acids is 1. The van der Waals surface area contributed by atoms with Crippen molar-refractivity contribution in [2.75, 3.05) is 47.5 Å². The normalized spacial score (nSPS) is 13.7. The third kappa shape index (κ3) is 62.6. The molecule has 0 aliphatic carbocycles. The van der Waals surface area contributed by atoms with Gasteiger partial charge in [0.2, 0.25) is 0 Å². The molecule has 0 bridgehead atoms. The molecular formula is C72H118NO8+. The van der Waals surface area contributed by atoms with E-state index in [-0.39, 0.29) is 38.6 Å². The van der Waals surface area contributed by atoms with Crippen molar-refractivity contribution in [2.45, 2.75) is 245 Å². The van der Waals surface area contributed by atoms with Crippen LogP contribution in [-0.4, -0.2) is 87.4 Å². The van der Waals surface area contributed by atoms with Crippen molar-refractivity contribution in [3.63, 3.8) is 0 Å². The Labute approximate surface area is 496 Å². The molecule has 0 saturated carbocycles. The van der Waals surface area contributed by atoms with Crippen LogP contribution in [-0.2, 0) is 33.3 Å². The van der Waals surface area contributed by atoms with Crippen molar-refractivity contribution in [3.05, 3.63) is 146 Å². The number of carboxylic acid groups (broad SMARTS) is 1. The lowest BCUT2D eigenvalue weighted by molar-refractivity contribution is -0.870. The highest BCUT2D eigenvalue weighted by Gasteiger charge is 2.25. The summed E-state index contributed by atoms with van der Waals surface area (Å²) in [6, 6.07) is 0. The van der Waals surface area contributed by atoms with Crippen LogP contribution in [0.1, 0.15) is 232 Å². The van der Waals surface area contributed by atoms with Gasteiger partial charge < -0.3 is 28.5 Å². The first-order chi connectivity index (χ1) is 39.6. The zero-order valence-corrected chi connectivity index (χ0v) is 52.1. The fourth-order valence-corrected chi connectivity index (χ4v) is 8.26. The predicted octanol–water partition coefficient (Wildman–Crippen LogP) is 19.6. The molecular weight excluding hydrogens is 1010 g/mol. The summed E-state index contributed by atoms with van der Waals surface area (Å²) in [6.45, 7) is 4.60. The number of likely N-dealkylation sites (N-methyl/N-ethyl adjacent to an activating group) is 1. The summed E-state index contributed by atoms with van der Waals surface area (Å²) in [5.74, 6) is -2.05. The van der Waals surface area contributed by atoms with Crippen LogP contribution < -0.4 is 0 Å². The van der Waals surface area contributed by atoms with Gasteiger partial charge in [0.15, 0.2) is 6.10 Å². The fraction of sp³-hybridized carbons (Fsp3) is 0.625. The van der Waals surface area contributed by atoms with Gasteiger partial charge in [0, 0.05) is 12.8 Å². The molecule has 0 spiro atoms. The van der Waals surface area contributed by atoms with E-state index in [0.29, 0.717) is 23.9 Å². The fourth-order valence-electron chi connectivity index (χ4n) is 8.26. The van der Waals surface area contributed by atoms with Crippen molar-refractivity contribution in [3.8, 4) is 0 Å². The quantitative estimate of drug-likeness (QED) is 0.0211. The highest BCUT2D eigenvalue weighted by Crippen LogP contribution is 2.15. The molecule has 0 amide bonds. The van der Waals surface area contributed by atoms with E-state index in [1.165, 1.54) is 70.6 Å². The Morgan fingerprint density at radius 1 is 0.370 bits per heavy atom. The topological polar surface area (TPSA) is 108 Å². The second-order valence-electron chi connectivity index (χ2n) is 22.0. The summed E-state index contributed by atoms with van der Waals surface area (Å²) < 4.78 is 22.9. The Bertz CT molecular complexity index is 1840. The molecule has 0 aliphatic rings. The van der Waals surface area contributed by atoms with Gasteiger partial charge in [-0.05, 0) is 116 Å². The van der Waals surface area contributed by atoms with E-state index in [9.17, 15) is 19.5 Å². The molecule has 458 valence electrons. The molecule has 0 aromatic carbocycles. The summed E-state index contributed by atoms with van der Waals surface area (Å²) in [5.41, 5.74) is 0. The number of esters is 2. The minimum absolute atomic E-state index is 0.177. The molecule has 9 heteroatoms. The lowest BCUT2D eigenvalue weighted by atomic mass is 10.0. The van der Waals surface area contributed by atoms with Crippen molar-refractivity contribution in [1.29, 1.82) is 0 Å². The summed E-state index contributed by atoms with van der Waals surface area (Å²) in [7, 11) is 5.95. The molecule has 81 heavy (non-hydrogen) atoms. The number of ether oxygens (including phenoxy) is 4. The smallest absolute Gasteiger partial charge is 0.361 e. The molecule has 0 aromatic heterocycles. The number of carbonyl (C=O) groups excluding carboxylic acids is 2. The highest BCUT2D eigenvalue weighted by atomic mass is 16.7. The maximum Gasteiger partial charge on any atom is 0.361 e. The minimum Gasteiger partial charge on any atom is -0.477 e. The molecule has 1 N–H and O–H groups in total. The number of allylic oxidation sites excluding steroid dienone is 24. The third-order valence-electron chi connectivity index (χ3n) is 13.1. The Kier molecular flexibility index (Phi) is 57.6. The molecule has 0 saturated heterocycles. The molecule has 9 nitrogen and oxygen atoms in total. The number of hydrogen-bond donors (Lipinski definition) is 1. The number of rotatable bonds is 57. The first kappa shape index (κ1) is 76.2. The summed E-state index contributed by atoms with van der Waals surface area (Å²) in [5, 5.41) is 9.71. The zero-order chi connectivity index (χ0) is 59.1. The summed E-state index contributed by atoms with van der Waals surface area (Å²) in [4.78, 5) is 37.5. The second kappa shape index (κ2) is 61.2. The van der Waals surface area contributed by atoms with Gasteiger partial charge in [-0.3, -0.25) is 9.59 Å². The maximum absolute atomic E-state index is 12.9. The van der Waals surface area contributed by atoms with Gasteiger partial charge in [-0.15, -0.1) is 0 Å². The van der Waals surface area contributed by atoms with E-state index in [2.05, 4.69) is 160 Å². The van der Waals surface area contributed by atoms with Crippen molar-refractivity contribution in [2.24, 2.45) is 0 Å². The van der Waals surface area contributed by atoms with E-state index in [0.717, 1.165) is 122 Å². The highest BCUT2D eigenvalue weighted by molar-refractivity contribution is 5.71. The van der Waals surface area contributed by atoms with Crippen LogP contribution in [0.2, 0.25) is 0 Å². The summed E-state index contributed by atoms with van der Waals surface area (Å²) >= 11 is 0. The van der Waals surface area contributed by atoms with Crippen LogP contribution in [0.15, 0.2) is 146 Å². The van der Waals surface area contributed by atoms with E-state index >= 15 is 0 Å². The number of unbranched alkanes of at least 4 members (excludes halogenated alkanes) is 18. The Morgan fingerprint density at radius 2 is 0.667 bits per heavy atom. The maximum atomic E-state index is 12.9. The van der Waals surface area contributed by atoms with Gasteiger partial charge in [0.25, 0.3) is 6.29 Å². The van der Waals surface area contributed by atoms with E-state index in [4.69, 9.17) is 18.9 Å². The second-order valence-corrected chi connectivity index (χ2v) is 22.0. The zero-order valence-electron chi connectivity index (χ0n) is 52.1. The summed E-state index contributed by atoms with van der Waals surface area (Å²) in [6.07, 6.45) is 86.6. The van der Waals surface area contributed by atoms with Crippen LogP contribution in [0, 0.1) is 0 Å². The van der Waals surface area contributed by atoms with Crippen molar-refractivity contribution < 1.29 is 42.9 Å². The SMILES string of the molecule is CC/C=C\C/C=C\C/C=C\C/C=C\C/C=C\C/C=C\C/C=C\C/C=C\CCCCCCCCCCCCCCCCC(=O)OC(COC(=O)CCCCCC/C=C\C/C=C\C/C=C\C/C=C\CC)COC(OCC[N+](C)(C)C)C(=O)O. The van der Waals surface area contributed by atoms with Gasteiger partial charge in [-0.1, -0.05) is 250 Å². The standard InChI is InChI=1S/C72H117NO8/c1-6-8-10-12-14-16-18-20-22-24-25-26-27-28-29-30-31-32-33-34-35-36-37-38-39-40-41-42-43-44-45-47-49-51-53-55-57-59-61-63-70(75)81-68(67-80-72(71(76)77)78-65-64-73(3,4)5)66-79-69(74)62-60-58-56-54-52-50-48-46-23-21-19-17-15-13-11-9-7-2/h8-11,14-17,20-23,25-26,28-29,31-32,34-35,37-38,48,50,68,72H,6-7,12-13,18-19,24,27,30,33,36,39-47,49,51-67H2,1-5H3/p+1/b10-8-,11-9-,16-14-,17-15-,22-20-,23-21-,26-25-,29-28-,32-31-,35-34-,38-37-,50-48-. The number of carbonyl (C=O) groups is 3. The molecule has 0 fully saturated rings. The van der Waals surface area contributed by atoms with E-state index < -0.39 is 24.3 Å². The van der Waals surface area contributed by atoms with Crippen LogP contribution in [0.4, 0.5) is 0 Å². The Hall–Kier alpha value is -4.83. The molecule has 2 unspecified atom stereocenters. The van der Waals surface area contributed by atoms with Gasteiger partial charge >= 0.3 is 17.9 Å². The minimum atomic E-state index is -1.52. The van der Waals surface area contributed by atoms with Crippen LogP contribution >= 0.6 is 0 Å². The van der Waals surface area contributed by atoms with Crippen molar-refractivity contribution >= 4 is 17.9 Å². The number of carboxylic acids is 1. The first-order valence-electron chi connectivity index (χ1n) is 32.0. The molecule has 0 radical (unpaired) electrons. The van der Waals surface area contributed by atoms with E-state index in [1.807, 2.05) is 21.1 Å². The average molecular weight is 1130 g/mol. The molecule has 0 aliphatic heterocycles. The molecule has 0 aromatic rings. The monoisotopic (exact) mass is 1120 g/mol. The number of nitrogens with zero attached hydrogens (tertiary/aromatic N) is 1. The van der Waals surface area contributed by atoms with Gasteiger partial charge in [0.05, 0.1) is 34.4 Å². The largest absolute Gasteiger partial charge is 0.477 e. The number of quaternary nitrogens is 1. The lowest BCUT2D eigenvalue weighted by Crippen LogP contribution is -2.40. The lowest BCUT2D eigenvalue weighted by Gasteiger charge is -2.25. The first-order valence-corrected chi connectivity index (χ1v) is 32.0. The molecule has 2 atom stereocenters. The van der Waals surface area contributed by atoms with Crippen LogP contribution in [0.25, 0.3) is 0 Å². The van der Waals surface area contributed by atoms with Crippen molar-refractivity contribution in [1.82, 2.24) is 0 Å². The van der Waals surface area contributed by atoms with Crippen LogP contribution in [0.5, 0.6) is 0 Å². The average Bonchev–Trinajstić information content (AvgIpc) is 3.44. The third-order valence-corrected chi connectivity index (χ3v) is 13.1. The Morgan fingerprint density at radius 3 is 0.988 bits per heavy atom. The van der Waals surface area contributed by atoms with Gasteiger partial charge in [-0.2, -0.15) is 0 Å². The molecule has 0 rings (SSSR count). The van der Waals surface area contributed by atoms with Gasteiger partial charge in [-0.25, -0.2) is 4.79 Å². The van der Waals surface area contributed by atoms with Crippen LogP contribution in [0.3, 0.4) is 0 Å². The number of hydrogen-bond acceptors (Lipinski definition) is 7. The Balaban J connectivity index is 4.14. The molecule has 0 heterocycles.